The SMILES string of the molecule is CNc1cc(C)nc(Cn2ncc(N(C)C)cc2=O)n1. The topological polar surface area (TPSA) is 75.9 Å². The lowest BCUT2D eigenvalue weighted by molar-refractivity contribution is 0.612. The monoisotopic (exact) mass is 274 g/mol. The van der Waals surface area contributed by atoms with Crippen molar-refractivity contribution in [2.45, 2.75) is 13.5 Å². The Morgan fingerprint density at radius 1 is 1.30 bits per heavy atom. The molecule has 20 heavy (non-hydrogen) atoms. The minimum atomic E-state index is -0.174. The van der Waals surface area contributed by atoms with E-state index in [2.05, 4.69) is 20.4 Å². The van der Waals surface area contributed by atoms with Gasteiger partial charge in [-0.1, -0.05) is 0 Å². The van der Waals surface area contributed by atoms with Gasteiger partial charge >= 0.3 is 0 Å². The Hall–Kier alpha value is -2.44. The summed E-state index contributed by atoms with van der Waals surface area (Å²) >= 11 is 0. The molecule has 106 valence electrons. The summed E-state index contributed by atoms with van der Waals surface area (Å²) in [5, 5.41) is 7.11. The van der Waals surface area contributed by atoms with Gasteiger partial charge in [-0.3, -0.25) is 4.79 Å². The number of nitrogens with zero attached hydrogens (tertiary/aromatic N) is 5. The zero-order valence-electron chi connectivity index (χ0n) is 12.1. The highest BCUT2D eigenvalue weighted by Gasteiger charge is 2.06. The van der Waals surface area contributed by atoms with E-state index >= 15 is 0 Å². The van der Waals surface area contributed by atoms with Crippen molar-refractivity contribution in [2.75, 3.05) is 31.4 Å². The van der Waals surface area contributed by atoms with Gasteiger partial charge in [0, 0.05) is 39.0 Å². The van der Waals surface area contributed by atoms with E-state index in [-0.39, 0.29) is 12.1 Å². The van der Waals surface area contributed by atoms with Gasteiger partial charge in [0.25, 0.3) is 5.56 Å². The predicted octanol–water partition coefficient (Wildman–Crippen LogP) is 0.498. The van der Waals surface area contributed by atoms with Crippen molar-refractivity contribution in [3.05, 3.63) is 40.2 Å². The van der Waals surface area contributed by atoms with Gasteiger partial charge in [-0.05, 0) is 6.92 Å². The number of nitrogens with one attached hydrogen (secondary N) is 1. The van der Waals surface area contributed by atoms with Crippen molar-refractivity contribution in [3.63, 3.8) is 0 Å². The van der Waals surface area contributed by atoms with Crippen molar-refractivity contribution < 1.29 is 0 Å². The Balaban J connectivity index is 2.30. The molecule has 0 radical (unpaired) electrons. The van der Waals surface area contributed by atoms with Gasteiger partial charge in [-0.25, -0.2) is 14.6 Å². The molecule has 0 aliphatic rings. The molecular formula is C13H18N6O. The van der Waals surface area contributed by atoms with Crippen LogP contribution in [-0.4, -0.2) is 40.9 Å². The van der Waals surface area contributed by atoms with Crippen LogP contribution in [0.25, 0.3) is 0 Å². The lowest BCUT2D eigenvalue weighted by atomic mass is 10.4. The van der Waals surface area contributed by atoms with Crippen molar-refractivity contribution in [1.82, 2.24) is 19.7 Å². The number of aromatic nitrogens is 4. The zero-order chi connectivity index (χ0) is 14.7. The fraction of sp³-hybridized carbons (Fsp3) is 0.385. The minimum Gasteiger partial charge on any atom is -0.376 e. The van der Waals surface area contributed by atoms with Crippen molar-refractivity contribution in [2.24, 2.45) is 0 Å². The summed E-state index contributed by atoms with van der Waals surface area (Å²) in [6.07, 6.45) is 1.65. The summed E-state index contributed by atoms with van der Waals surface area (Å²) < 4.78 is 1.35. The highest BCUT2D eigenvalue weighted by atomic mass is 16.1. The molecule has 2 rings (SSSR count). The molecule has 2 heterocycles. The van der Waals surface area contributed by atoms with E-state index in [1.807, 2.05) is 32.0 Å². The number of aryl methyl sites for hydroxylation is 1. The van der Waals surface area contributed by atoms with Crippen LogP contribution in [0.1, 0.15) is 11.5 Å². The number of hydrogen-bond acceptors (Lipinski definition) is 6. The Morgan fingerprint density at radius 2 is 2.05 bits per heavy atom. The molecule has 0 aliphatic heterocycles. The summed E-state index contributed by atoms with van der Waals surface area (Å²) in [6, 6.07) is 3.39. The highest BCUT2D eigenvalue weighted by Crippen LogP contribution is 2.07. The largest absolute Gasteiger partial charge is 0.376 e. The molecular weight excluding hydrogens is 256 g/mol. The molecule has 0 unspecified atom stereocenters. The van der Waals surface area contributed by atoms with E-state index < -0.39 is 0 Å². The lowest BCUT2D eigenvalue weighted by Crippen LogP contribution is -2.25. The maximum Gasteiger partial charge on any atom is 0.269 e. The van der Waals surface area contributed by atoms with Crippen molar-refractivity contribution >= 4 is 11.5 Å². The van der Waals surface area contributed by atoms with E-state index in [0.717, 1.165) is 17.2 Å². The molecule has 2 aromatic rings. The molecule has 0 atom stereocenters. The second kappa shape index (κ2) is 5.68. The average molecular weight is 274 g/mol. The Morgan fingerprint density at radius 3 is 2.65 bits per heavy atom. The first-order valence-corrected chi connectivity index (χ1v) is 6.26. The number of rotatable bonds is 4. The molecule has 0 fully saturated rings. The third-order valence-corrected chi connectivity index (χ3v) is 2.82. The zero-order valence-corrected chi connectivity index (χ0v) is 12.1. The first-order chi connectivity index (χ1) is 9.49. The summed E-state index contributed by atoms with van der Waals surface area (Å²) in [4.78, 5) is 22.5. The van der Waals surface area contributed by atoms with Gasteiger partial charge in [0.05, 0.1) is 11.9 Å². The van der Waals surface area contributed by atoms with Crippen LogP contribution in [-0.2, 0) is 6.54 Å². The molecule has 0 bridgehead atoms. The summed E-state index contributed by atoms with van der Waals surface area (Å²) in [5.41, 5.74) is 1.44. The smallest absolute Gasteiger partial charge is 0.269 e. The first kappa shape index (κ1) is 14.0. The summed E-state index contributed by atoms with van der Waals surface area (Å²) in [7, 11) is 5.52. The van der Waals surface area contributed by atoms with Gasteiger partial charge in [0.1, 0.15) is 12.4 Å². The van der Waals surface area contributed by atoms with E-state index in [0.29, 0.717) is 5.82 Å². The van der Waals surface area contributed by atoms with Gasteiger partial charge in [-0.15, -0.1) is 0 Å². The van der Waals surface area contributed by atoms with Crippen LogP contribution < -0.4 is 15.8 Å². The molecule has 0 amide bonds. The van der Waals surface area contributed by atoms with Crippen LogP contribution in [0.2, 0.25) is 0 Å². The maximum absolute atomic E-state index is 12.0. The molecule has 0 saturated carbocycles. The first-order valence-electron chi connectivity index (χ1n) is 6.26. The minimum absolute atomic E-state index is 0.174. The van der Waals surface area contributed by atoms with Gasteiger partial charge in [0.15, 0.2) is 5.82 Å². The molecule has 1 N–H and O–H groups in total. The van der Waals surface area contributed by atoms with Crippen LogP contribution in [0, 0.1) is 6.92 Å². The Kier molecular flexibility index (Phi) is 3.97. The molecule has 2 aromatic heterocycles. The number of anilines is 2. The fourth-order valence-electron chi connectivity index (χ4n) is 1.75. The maximum atomic E-state index is 12.0. The molecule has 0 aromatic carbocycles. The highest BCUT2D eigenvalue weighted by molar-refractivity contribution is 5.40. The standard InChI is InChI=1S/C13H18N6O/c1-9-5-11(14-2)17-12(16-9)8-19-13(20)6-10(7-15-19)18(3)4/h5-7H,8H2,1-4H3,(H,14,16,17). The quantitative estimate of drug-likeness (QED) is 0.875. The lowest BCUT2D eigenvalue weighted by Gasteiger charge is -2.12. The molecule has 0 spiro atoms. The van der Waals surface area contributed by atoms with Crippen LogP contribution in [0.3, 0.4) is 0 Å². The fourth-order valence-corrected chi connectivity index (χ4v) is 1.75. The van der Waals surface area contributed by atoms with Gasteiger partial charge in [-0.2, -0.15) is 5.10 Å². The van der Waals surface area contributed by atoms with Gasteiger partial charge < -0.3 is 10.2 Å². The Bertz CT molecular complexity index is 664. The molecule has 0 saturated heterocycles. The second-order valence-corrected chi connectivity index (χ2v) is 4.66. The van der Waals surface area contributed by atoms with E-state index in [9.17, 15) is 4.79 Å². The molecule has 0 aliphatic carbocycles. The third-order valence-electron chi connectivity index (χ3n) is 2.82. The van der Waals surface area contributed by atoms with Crippen LogP contribution in [0.15, 0.2) is 23.1 Å². The summed E-state index contributed by atoms with van der Waals surface area (Å²) in [5.74, 6) is 1.28. The van der Waals surface area contributed by atoms with E-state index in [4.69, 9.17) is 0 Å². The number of hydrogen-bond donors (Lipinski definition) is 1. The van der Waals surface area contributed by atoms with Gasteiger partial charge in [0.2, 0.25) is 0 Å². The van der Waals surface area contributed by atoms with E-state index in [1.54, 1.807) is 19.3 Å². The third kappa shape index (κ3) is 3.11. The van der Waals surface area contributed by atoms with Crippen molar-refractivity contribution in [1.29, 1.82) is 0 Å². The summed E-state index contributed by atoms with van der Waals surface area (Å²) in [6.45, 7) is 2.14. The Labute approximate surface area is 117 Å². The average Bonchev–Trinajstić information content (AvgIpc) is 2.40. The second-order valence-electron chi connectivity index (χ2n) is 4.66. The van der Waals surface area contributed by atoms with Crippen molar-refractivity contribution in [3.8, 4) is 0 Å². The van der Waals surface area contributed by atoms with Crippen LogP contribution in [0.5, 0.6) is 0 Å². The normalized spacial score (nSPS) is 10.4. The molecule has 7 nitrogen and oxygen atoms in total. The predicted molar refractivity (Wildman–Crippen MR) is 78.2 cm³/mol. The van der Waals surface area contributed by atoms with Crippen LogP contribution in [0.4, 0.5) is 11.5 Å². The van der Waals surface area contributed by atoms with Crippen LogP contribution >= 0.6 is 0 Å². The van der Waals surface area contributed by atoms with E-state index in [1.165, 1.54) is 4.68 Å². The molecule has 7 heteroatoms.